The van der Waals surface area contributed by atoms with Gasteiger partial charge in [-0.1, -0.05) is 0 Å². The number of H-pyrrole nitrogens is 1. The zero-order chi connectivity index (χ0) is 21.7. The molecule has 1 fully saturated rings. The summed E-state index contributed by atoms with van der Waals surface area (Å²) in [6.07, 6.45) is 4.66. The fourth-order valence-corrected chi connectivity index (χ4v) is 3.41. The molecule has 1 aliphatic rings. The summed E-state index contributed by atoms with van der Waals surface area (Å²) >= 11 is 0. The number of nitrogens with zero attached hydrogens (tertiary/aromatic N) is 2. The number of hydrogen-bond acceptors (Lipinski definition) is 7. The number of likely N-dealkylation sites (tertiary alicyclic amines) is 1. The summed E-state index contributed by atoms with van der Waals surface area (Å²) in [4.78, 5) is 34.2. The average Bonchev–Trinajstić information content (AvgIpc) is 3.16. The van der Waals surface area contributed by atoms with Gasteiger partial charge in [0.1, 0.15) is 23.4 Å². The minimum absolute atomic E-state index is 0.0303. The van der Waals surface area contributed by atoms with Crippen LogP contribution in [-0.2, 0) is 14.2 Å². The molecule has 9 heteroatoms. The Balaban J connectivity index is 1.78. The number of anilines is 1. The molecule has 3 heterocycles. The lowest BCUT2D eigenvalue weighted by Crippen LogP contribution is -2.47. The fourth-order valence-electron chi connectivity index (χ4n) is 3.41. The molecule has 164 valence electrons. The van der Waals surface area contributed by atoms with Crippen LogP contribution in [0.3, 0.4) is 0 Å². The Labute approximate surface area is 176 Å². The van der Waals surface area contributed by atoms with Crippen LogP contribution >= 0.6 is 0 Å². The molecule has 1 amide bonds. The van der Waals surface area contributed by atoms with Crippen molar-refractivity contribution in [2.24, 2.45) is 0 Å². The van der Waals surface area contributed by atoms with Gasteiger partial charge in [0.25, 0.3) is 0 Å². The second kappa shape index (κ2) is 9.34. The maximum atomic E-state index is 12.6. The number of esters is 1. The SMILES string of the molecule is COCCOC(=O)c1cnc2[nH]ccc2c1N[C@@H]1CCCN(C(=O)OC(C)(C)C)C1. The normalized spacial score (nSPS) is 17.1. The Kier molecular flexibility index (Phi) is 6.81. The smallest absolute Gasteiger partial charge is 0.410 e. The van der Waals surface area contributed by atoms with Crippen molar-refractivity contribution >= 4 is 28.8 Å². The Morgan fingerprint density at radius 1 is 1.33 bits per heavy atom. The van der Waals surface area contributed by atoms with E-state index in [4.69, 9.17) is 14.2 Å². The van der Waals surface area contributed by atoms with Gasteiger partial charge in [0.2, 0.25) is 0 Å². The van der Waals surface area contributed by atoms with Gasteiger partial charge in [0, 0.05) is 44.0 Å². The van der Waals surface area contributed by atoms with Crippen molar-refractivity contribution in [2.75, 3.05) is 38.7 Å². The molecule has 2 N–H and O–H groups in total. The van der Waals surface area contributed by atoms with Crippen LogP contribution in [0.1, 0.15) is 44.0 Å². The number of amides is 1. The second-order valence-electron chi connectivity index (χ2n) is 8.33. The summed E-state index contributed by atoms with van der Waals surface area (Å²) in [5.41, 5.74) is 1.14. The first-order valence-electron chi connectivity index (χ1n) is 10.1. The highest BCUT2D eigenvalue weighted by Gasteiger charge is 2.29. The third-order valence-corrected chi connectivity index (χ3v) is 4.75. The van der Waals surface area contributed by atoms with E-state index >= 15 is 0 Å². The van der Waals surface area contributed by atoms with Crippen LogP contribution in [0.4, 0.5) is 10.5 Å². The number of carbonyl (C=O) groups excluding carboxylic acids is 2. The van der Waals surface area contributed by atoms with Crippen LogP contribution in [0.2, 0.25) is 0 Å². The number of fused-ring (bicyclic) bond motifs is 1. The summed E-state index contributed by atoms with van der Waals surface area (Å²) < 4.78 is 15.8. The molecule has 0 bridgehead atoms. The van der Waals surface area contributed by atoms with E-state index in [1.165, 1.54) is 6.20 Å². The predicted molar refractivity (Wildman–Crippen MR) is 113 cm³/mol. The highest BCUT2D eigenvalue weighted by atomic mass is 16.6. The zero-order valence-corrected chi connectivity index (χ0v) is 18.0. The number of methoxy groups -OCH3 is 1. The van der Waals surface area contributed by atoms with Gasteiger partial charge in [-0.05, 0) is 39.7 Å². The lowest BCUT2D eigenvalue weighted by molar-refractivity contribution is 0.0205. The number of nitrogens with one attached hydrogen (secondary N) is 2. The van der Waals surface area contributed by atoms with Gasteiger partial charge in [-0.15, -0.1) is 0 Å². The van der Waals surface area contributed by atoms with Crippen LogP contribution < -0.4 is 5.32 Å². The topological polar surface area (TPSA) is 106 Å². The quantitative estimate of drug-likeness (QED) is 0.548. The van der Waals surface area contributed by atoms with Crippen molar-refractivity contribution in [3.63, 3.8) is 0 Å². The molecule has 2 aromatic heterocycles. The molecule has 30 heavy (non-hydrogen) atoms. The minimum Gasteiger partial charge on any atom is -0.460 e. The first-order valence-corrected chi connectivity index (χ1v) is 10.1. The predicted octanol–water partition coefficient (Wildman–Crippen LogP) is 3.18. The molecule has 1 aliphatic heterocycles. The number of aromatic amines is 1. The third-order valence-electron chi connectivity index (χ3n) is 4.75. The molecule has 2 aromatic rings. The monoisotopic (exact) mass is 418 g/mol. The van der Waals surface area contributed by atoms with Crippen molar-refractivity contribution in [2.45, 2.75) is 45.3 Å². The third kappa shape index (κ3) is 5.41. The van der Waals surface area contributed by atoms with E-state index in [2.05, 4.69) is 15.3 Å². The van der Waals surface area contributed by atoms with Gasteiger partial charge in [-0.3, -0.25) is 0 Å². The van der Waals surface area contributed by atoms with Gasteiger partial charge < -0.3 is 29.4 Å². The highest BCUT2D eigenvalue weighted by Crippen LogP contribution is 2.28. The molecule has 1 saturated heterocycles. The molecule has 9 nitrogen and oxygen atoms in total. The average molecular weight is 418 g/mol. The van der Waals surface area contributed by atoms with Crippen molar-refractivity contribution < 1.29 is 23.8 Å². The summed E-state index contributed by atoms with van der Waals surface area (Å²) in [6, 6.07) is 1.84. The molecule has 0 spiro atoms. The lowest BCUT2D eigenvalue weighted by atomic mass is 10.0. The van der Waals surface area contributed by atoms with E-state index < -0.39 is 11.6 Å². The molecule has 1 atom stereocenters. The van der Waals surface area contributed by atoms with Gasteiger partial charge in [-0.2, -0.15) is 0 Å². The van der Waals surface area contributed by atoms with Crippen LogP contribution in [0, 0.1) is 0 Å². The van der Waals surface area contributed by atoms with E-state index in [0.29, 0.717) is 36.6 Å². The number of carbonyl (C=O) groups is 2. The summed E-state index contributed by atoms with van der Waals surface area (Å²) in [5, 5.41) is 4.25. The van der Waals surface area contributed by atoms with Gasteiger partial charge >= 0.3 is 12.1 Å². The lowest BCUT2D eigenvalue weighted by Gasteiger charge is -2.35. The minimum atomic E-state index is -0.543. The maximum Gasteiger partial charge on any atom is 0.410 e. The van der Waals surface area contributed by atoms with E-state index in [-0.39, 0.29) is 18.7 Å². The largest absolute Gasteiger partial charge is 0.460 e. The first kappa shape index (κ1) is 21.9. The molecule has 0 unspecified atom stereocenters. The Hall–Kier alpha value is -2.81. The maximum absolute atomic E-state index is 12.6. The van der Waals surface area contributed by atoms with Crippen LogP contribution in [0.5, 0.6) is 0 Å². The van der Waals surface area contributed by atoms with Crippen LogP contribution in [0.15, 0.2) is 18.5 Å². The summed E-state index contributed by atoms with van der Waals surface area (Å²) in [6.45, 7) is 7.18. The van der Waals surface area contributed by atoms with Crippen LogP contribution in [-0.4, -0.2) is 72.0 Å². The zero-order valence-electron chi connectivity index (χ0n) is 18.0. The first-order chi connectivity index (χ1) is 14.3. The van der Waals surface area contributed by atoms with E-state index in [1.807, 2.05) is 26.8 Å². The molecule has 0 aromatic carbocycles. The molecule has 3 rings (SSSR count). The van der Waals surface area contributed by atoms with Gasteiger partial charge in [-0.25, -0.2) is 14.6 Å². The summed E-state index contributed by atoms with van der Waals surface area (Å²) in [5.74, 6) is -0.468. The van der Waals surface area contributed by atoms with E-state index in [9.17, 15) is 9.59 Å². The fraction of sp³-hybridized carbons (Fsp3) is 0.571. The Morgan fingerprint density at radius 3 is 2.87 bits per heavy atom. The van der Waals surface area contributed by atoms with Gasteiger partial charge in [0.15, 0.2) is 0 Å². The Bertz CT molecular complexity index is 889. The summed E-state index contributed by atoms with van der Waals surface area (Å²) in [7, 11) is 1.55. The van der Waals surface area contributed by atoms with Crippen molar-refractivity contribution in [1.29, 1.82) is 0 Å². The molecular weight excluding hydrogens is 388 g/mol. The van der Waals surface area contributed by atoms with Crippen LogP contribution in [0.25, 0.3) is 11.0 Å². The van der Waals surface area contributed by atoms with Crippen molar-refractivity contribution in [3.8, 4) is 0 Å². The number of aromatic nitrogens is 2. The Morgan fingerprint density at radius 2 is 2.13 bits per heavy atom. The van der Waals surface area contributed by atoms with Crippen molar-refractivity contribution in [1.82, 2.24) is 14.9 Å². The van der Waals surface area contributed by atoms with Crippen molar-refractivity contribution in [3.05, 3.63) is 24.0 Å². The van der Waals surface area contributed by atoms with Gasteiger partial charge in [0.05, 0.1) is 12.3 Å². The number of rotatable bonds is 6. The molecule has 0 radical (unpaired) electrons. The molecule has 0 saturated carbocycles. The second-order valence-corrected chi connectivity index (χ2v) is 8.33. The number of hydrogen-bond donors (Lipinski definition) is 2. The van der Waals surface area contributed by atoms with E-state index in [0.717, 1.165) is 18.2 Å². The number of ether oxygens (including phenoxy) is 3. The van der Waals surface area contributed by atoms with E-state index in [1.54, 1.807) is 18.2 Å². The number of pyridine rings is 1. The standard InChI is InChI=1S/C21H30N4O5/c1-21(2,3)30-20(27)25-9-5-6-14(13-25)24-17-15-7-8-22-18(15)23-12-16(17)19(26)29-11-10-28-4/h7-8,12,14H,5-6,9-11,13H2,1-4H3,(H2,22,23,24)/t14-/m1/s1. The number of piperidine rings is 1. The molecular formula is C21H30N4O5. The molecule has 0 aliphatic carbocycles. The highest BCUT2D eigenvalue weighted by molar-refractivity contribution is 6.04.